The van der Waals surface area contributed by atoms with Crippen molar-refractivity contribution in [3.63, 3.8) is 0 Å². The quantitative estimate of drug-likeness (QED) is 0.454. The molecule has 162 valence electrons. The number of Topliss-reactive ketones (excluding diaryl/α,β-unsaturated/α-hetero) is 1. The maximum Gasteiger partial charge on any atom is 0.354 e. The molecule has 3 aromatic rings. The normalized spacial score (nSPS) is 11.8. The van der Waals surface area contributed by atoms with Gasteiger partial charge in [0.15, 0.2) is 5.78 Å². The van der Waals surface area contributed by atoms with Crippen molar-refractivity contribution in [2.75, 3.05) is 7.11 Å². The summed E-state index contributed by atoms with van der Waals surface area (Å²) >= 11 is 0. The van der Waals surface area contributed by atoms with E-state index in [1.54, 1.807) is 32.9 Å². The van der Waals surface area contributed by atoms with Gasteiger partial charge in [-0.3, -0.25) is 9.59 Å². The van der Waals surface area contributed by atoms with Gasteiger partial charge in [0.25, 0.3) is 5.91 Å². The summed E-state index contributed by atoms with van der Waals surface area (Å²) in [5.74, 6) is -1.35. The number of aryl methyl sites for hydroxylation is 1. The SMILES string of the molecule is COC(=O)c1[nH]c(C)c(C(=O)C(C)N(Cc2ccco2)C(=O)c2ccc(F)cc2)c1C. The van der Waals surface area contributed by atoms with E-state index in [1.807, 2.05) is 0 Å². The Morgan fingerprint density at radius 1 is 1.16 bits per heavy atom. The molecule has 1 unspecified atom stereocenters. The lowest BCUT2D eigenvalue weighted by molar-refractivity contribution is 0.0590. The van der Waals surface area contributed by atoms with E-state index in [0.29, 0.717) is 22.6 Å². The molecule has 2 aromatic heterocycles. The number of amides is 1. The summed E-state index contributed by atoms with van der Waals surface area (Å²) in [6.45, 7) is 4.98. The summed E-state index contributed by atoms with van der Waals surface area (Å²) in [6.07, 6.45) is 1.48. The van der Waals surface area contributed by atoms with E-state index in [2.05, 4.69) is 4.98 Å². The largest absolute Gasteiger partial charge is 0.467 e. The molecular weight excluding hydrogens is 403 g/mol. The second kappa shape index (κ2) is 8.99. The van der Waals surface area contributed by atoms with Crippen LogP contribution < -0.4 is 0 Å². The molecule has 31 heavy (non-hydrogen) atoms. The molecule has 2 heterocycles. The van der Waals surface area contributed by atoms with Gasteiger partial charge in [-0.05, 0) is 62.7 Å². The fraction of sp³-hybridized carbons (Fsp3) is 0.261. The van der Waals surface area contributed by atoms with Gasteiger partial charge in [0.05, 0.1) is 26.0 Å². The van der Waals surface area contributed by atoms with Crippen molar-refractivity contribution in [2.24, 2.45) is 0 Å². The number of aromatic nitrogens is 1. The Balaban J connectivity index is 1.98. The number of carbonyl (C=O) groups is 3. The summed E-state index contributed by atoms with van der Waals surface area (Å²) in [5.41, 5.74) is 1.71. The van der Waals surface area contributed by atoms with Gasteiger partial charge in [-0.15, -0.1) is 0 Å². The van der Waals surface area contributed by atoms with Crippen molar-refractivity contribution < 1.29 is 27.9 Å². The average molecular weight is 426 g/mol. The topological polar surface area (TPSA) is 92.6 Å². The zero-order valence-electron chi connectivity index (χ0n) is 17.7. The van der Waals surface area contributed by atoms with Crippen LogP contribution in [0.2, 0.25) is 0 Å². The number of H-pyrrole nitrogens is 1. The van der Waals surface area contributed by atoms with Gasteiger partial charge in [-0.25, -0.2) is 9.18 Å². The number of ketones is 1. The lowest BCUT2D eigenvalue weighted by Crippen LogP contribution is -2.43. The molecule has 0 bridgehead atoms. The average Bonchev–Trinajstić information content (AvgIpc) is 3.38. The van der Waals surface area contributed by atoms with Crippen molar-refractivity contribution in [3.8, 4) is 0 Å². The Morgan fingerprint density at radius 2 is 1.84 bits per heavy atom. The number of halogens is 1. The van der Waals surface area contributed by atoms with Crippen molar-refractivity contribution in [1.29, 1.82) is 0 Å². The van der Waals surface area contributed by atoms with Crippen molar-refractivity contribution in [3.05, 3.63) is 82.3 Å². The van der Waals surface area contributed by atoms with Crippen molar-refractivity contribution >= 4 is 17.7 Å². The van der Waals surface area contributed by atoms with E-state index < -0.39 is 23.7 Å². The van der Waals surface area contributed by atoms with Crippen LogP contribution in [-0.2, 0) is 11.3 Å². The van der Waals surface area contributed by atoms with Crippen LogP contribution in [0, 0.1) is 19.7 Å². The first-order chi connectivity index (χ1) is 14.7. The first kappa shape index (κ1) is 22.0. The number of methoxy groups -OCH3 is 1. The monoisotopic (exact) mass is 426 g/mol. The molecule has 0 aliphatic carbocycles. The summed E-state index contributed by atoms with van der Waals surface area (Å²) in [5, 5.41) is 0. The van der Waals surface area contributed by atoms with Crippen molar-refractivity contribution in [1.82, 2.24) is 9.88 Å². The first-order valence-electron chi connectivity index (χ1n) is 9.65. The minimum absolute atomic E-state index is 0.0441. The van der Waals surface area contributed by atoms with Crippen LogP contribution in [0.25, 0.3) is 0 Å². The zero-order chi connectivity index (χ0) is 22.7. The maximum absolute atomic E-state index is 13.4. The molecule has 1 N–H and O–H groups in total. The van der Waals surface area contributed by atoms with Gasteiger partial charge < -0.3 is 19.0 Å². The maximum atomic E-state index is 13.4. The van der Waals surface area contributed by atoms with Crippen LogP contribution in [0.4, 0.5) is 4.39 Å². The first-order valence-corrected chi connectivity index (χ1v) is 9.65. The zero-order valence-corrected chi connectivity index (χ0v) is 17.7. The number of aromatic amines is 1. The molecule has 0 spiro atoms. The molecule has 0 saturated carbocycles. The molecule has 3 rings (SSSR count). The Kier molecular flexibility index (Phi) is 6.39. The van der Waals surface area contributed by atoms with E-state index in [0.717, 1.165) is 0 Å². The smallest absolute Gasteiger partial charge is 0.354 e. The number of rotatable bonds is 7. The van der Waals surface area contributed by atoms with E-state index >= 15 is 0 Å². The van der Waals surface area contributed by atoms with Gasteiger partial charge in [0.2, 0.25) is 0 Å². The van der Waals surface area contributed by atoms with Crippen LogP contribution in [0.15, 0.2) is 47.1 Å². The minimum Gasteiger partial charge on any atom is -0.467 e. The Labute approximate surface area is 178 Å². The van der Waals surface area contributed by atoms with Crippen LogP contribution in [-0.4, -0.2) is 40.7 Å². The Bertz CT molecular complexity index is 1100. The van der Waals surface area contributed by atoms with E-state index in [4.69, 9.17) is 9.15 Å². The summed E-state index contributed by atoms with van der Waals surface area (Å²) in [4.78, 5) is 42.9. The molecule has 8 heteroatoms. The van der Waals surface area contributed by atoms with Crippen LogP contribution in [0.5, 0.6) is 0 Å². The summed E-state index contributed by atoms with van der Waals surface area (Å²) in [7, 11) is 1.26. The summed E-state index contributed by atoms with van der Waals surface area (Å²) in [6, 6.07) is 7.61. The number of esters is 1. The standard InChI is InChI=1S/C23H23FN2O5/c1-13-19(14(2)25-20(13)23(29)30-4)21(27)15(3)26(12-18-6-5-11-31-18)22(28)16-7-9-17(24)10-8-16/h5-11,15,25H,12H2,1-4H3. The fourth-order valence-corrected chi connectivity index (χ4v) is 3.49. The van der Waals surface area contributed by atoms with E-state index in [-0.39, 0.29) is 23.6 Å². The summed E-state index contributed by atoms with van der Waals surface area (Å²) < 4.78 is 23.4. The van der Waals surface area contributed by atoms with Gasteiger partial charge in [-0.2, -0.15) is 0 Å². The van der Waals surface area contributed by atoms with Gasteiger partial charge in [0, 0.05) is 16.8 Å². The predicted molar refractivity (Wildman–Crippen MR) is 110 cm³/mol. The van der Waals surface area contributed by atoms with Crippen molar-refractivity contribution in [2.45, 2.75) is 33.4 Å². The predicted octanol–water partition coefficient (Wildman–Crippen LogP) is 4.06. The molecule has 0 aliphatic heterocycles. The number of carbonyl (C=O) groups excluding carboxylic acids is 3. The second-order valence-corrected chi connectivity index (χ2v) is 7.18. The molecule has 1 amide bonds. The van der Waals surface area contributed by atoms with Crippen LogP contribution in [0.1, 0.15) is 55.1 Å². The highest BCUT2D eigenvalue weighted by molar-refractivity contribution is 6.07. The Hall–Kier alpha value is -3.68. The highest BCUT2D eigenvalue weighted by Crippen LogP contribution is 2.24. The molecule has 0 saturated heterocycles. The van der Waals surface area contributed by atoms with Gasteiger partial charge in [0.1, 0.15) is 17.3 Å². The van der Waals surface area contributed by atoms with Gasteiger partial charge in [-0.1, -0.05) is 0 Å². The Morgan fingerprint density at radius 3 is 2.42 bits per heavy atom. The lowest BCUT2D eigenvalue weighted by atomic mass is 9.99. The molecular formula is C23H23FN2O5. The third-order valence-electron chi connectivity index (χ3n) is 5.18. The highest BCUT2D eigenvalue weighted by Gasteiger charge is 2.32. The molecule has 0 radical (unpaired) electrons. The highest BCUT2D eigenvalue weighted by atomic mass is 19.1. The number of nitrogens with zero attached hydrogens (tertiary/aromatic N) is 1. The fourth-order valence-electron chi connectivity index (χ4n) is 3.49. The number of ether oxygens (including phenoxy) is 1. The van der Waals surface area contributed by atoms with Crippen LogP contribution >= 0.6 is 0 Å². The van der Waals surface area contributed by atoms with Gasteiger partial charge >= 0.3 is 5.97 Å². The third kappa shape index (κ3) is 4.42. The van der Waals surface area contributed by atoms with E-state index in [9.17, 15) is 18.8 Å². The molecule has 1 atom stereocenters. The molecule has 7 nitrogen and oxygen atoms in total. The number of hydrogen-bond acceptors (Lipinski definition) is 5. The number of benzene rings is 1. The molecule has 1 aromatic carbocycles. The van der Waals surface area contributed by atoms with E-state index in [1.165, 1.54) is 42.5 Å². The van der Waals surface area contributed by atoms with Crippen LogP contribution in [0.3, 0.4) is 0 Å². The number of hydrogen-bond donors (Lipinski definition) is 1. The molecule has 0 aliphatic rings. The third-order valence-corrected chi connectivity index (χ3v) is 5.18. The number of nitrogens with one attached hydrogen (secondary N) is 1. The lowest BCUT2D eigenvalue weighted by Gasteiger charge is -2.28. The minimum atomic E-state index is -0.888. The second-order valence-electron chi connectivity index (χ2n) is 7.18. The number of furan rings is 1. The molecule has 0 fully saturated rings.